The minimum Gasteiger partial charge on any atom is -0.309 e. The van der Waals surface area contributed by atoms with Crippen LogP contribution in [0.2, 0.25) is 0 Å². The lowest BCUT2D eigenvalue weighted by Crippen LogP contribution is -2.57. The Kier molecular flexibility index (Phi) is 8.85. The topological polar surface area (TPSA) is 19.7 Å². The van der Waals surface area contributed by atoms with E-state index in [4.69, 9.17) is 0 Å². The van der Waals surface area contributed by atoms with Crippen LogP contribution >= 0.6 is 0 Å². The molecular formula is C78H51BN4. The van der Waals surface area contributed by atoms with E-state index in [9.17, 15) is 0 Å². The molecule has 13 aromatic carbocycles. The normalized spacial score (nSPS) is 13.0. The van der Waals surface area contributed by atoms with Gasteiger partial charge in [-0.2, -0.15) is 0 Å². The van der Waals surface area contributed by atoms with Crippen LogP contribution in [0.15, 0.2) is 255 Å². The SMILES string of the molecule is CC(C)(C)c1cc2c3c(c1)-c1c4c(cc5c6ccccc6n(-c6ccccc6)c5c4cc4c1c1ccccc1n4-c1ccccc1)B3c1cc3c4ccccc4n(-c4ccccc4)c3c3cc4c(c-2c13)c1ccccc1n4-c1ccccc1. The Bertz CT molecular complexity index is 5350. The molecule has 0 radical (unpaired) electrons. The Morgan fingerprint density at radius 3 is 0.976 bits per heavy atom. The number of para-hydroxylation sites is 8. The van der Waals surface area contributed by atoms with E-state index in [-0.39, 0.29) is 12.1 Å². The minimum absolute atomic E-state index is 0.120. The number of hydrogen-bond donors (Lipinski definition) is 0. The van der Waals surface area contributed by atoms with Gasteiger partial charge in [-0.3, -0.25) is 0 Å². The fraction of sp³-hybridized carbons (Fsp3) is 0.0513. The van der Waals surface area contributed by atoms with E-state index < -0.39 is 0 Å². The summed E-state index contributed by atoms with van der Waals surface area (Å²) in [7, 11) is 0. The lowest BCUT2D eigenvalue weighted by Gasteiger charge is -2.37. The van der Waals surface area contributed by atoms with Crippen molar-refractivity contribution in [3.05, 3.63) is 260 Å². The Labute approximate surface area is 479 Å². The highest BCUT2D eigenvalue weighted by Crippen LogP contribution is 2.53. The molecule has 4 nitrogen and oxygen atoms in total. The Hall–Kier alpha value is -10.4. The Morgan fingerprint density at radius 2 is 0.602 bits per heavy atom. The van der Waals surface area contributed by atoms with Gasteiger partial charge in [0.1, 0.15) is 0 Å². The van der Waals surface area contributed by atoms with Gasteiger partial charge in [0.05, 0.1) is 44.1 Å². The predicted octanol–water partition coefficient (Wildman–Crippen LogP) is 18.2. The van der Waals surface area contributed by atoms with Crippen molar-refractivity contribution in [3.8, 4) is 45.0 Å². The molecular weight excluding hydrogens is 1000 g/mol. The van der Waals surface area contributed by atoms with E-state index in [1.54, 1.807) is 0 Å². The summed E-state index contributed by atoms with van der Waals surface area (Å²) in [4.78, 5) is 0. The van der Waals surface area contributed by atoms with Crippen LogP contribution in [0, 0.1) is 0 Å². The number of hydrogen-bond acceptors (Lipinski definition) is 0. The Balaban J connectivity index is 1.11. The van der Waals surface area contributed by atoms with Crippen molar-refractivity contribution in [1.82, 2.24) is 18.3 Å². The van der Waals surface area contributed by atoms with Gasteiger partial charge in [-0.1, -0.05) is 207 Å². The first-order valence-electron chi connectivity index (χ1n) is 29.2. The number of aromatic nitrogens is 4. The van der Waals surface area contributed by atoms with Crippen molar-refractivity contribution >= 4 is 132 Å². The maximum Gasteiger partial charge on any atom is 0.244 e. The van der Waals surface area contributed by atoms with Crippen molar-refractivity contribution in [2.45, 2.75) is 26.2 Å². The summed E-state index contributed by atoms with van der Waals surface area (Å²) in [5.74, 6) is 0. The third kappa shape index (κ3) is 5.85. The van der Waals surface area contributed by atoms with Gasteiger partial charge in [0, 0.05) is 76.6 Å². The zero-order valence-corrected chi connectivity index (χ0v) is 46.1. The molecule has 17 aromatic rings. The lowest BCUT2D eigenvalue weighted by molar-refractivity contribution is 0.591. The van der Waals surface area contributed by atoms with Crippen LogP contribution in [-0.2, 0) is 5.41 Å². The molecule has 0 fully saturated rings. The molecule has 6 heterocycles. The smallest absolute Gasteiger partial charge is 0.244 e. The van der Waals surface area contributed by atoms with E-state index in [0.29, 0.717) is 0 Å². The monoisotopic (exact) mass is 1050 g/mol. The molecule has 0 spiro atoms. The highest BCUT2D eigenvalue weighted by Gasteiger charge is 2.43. The first kappa shape index (κ1) is 45.4. The van der Waals surface area contributed by atoms with Crippen molar-refractivity contribution < 1.29 is 0 Å². The van der Waals surface area contributed by atoms with Crippen molar-refractivity contribution in [1.29, 1.82) is 0 Å². The van der Waals surface area contributed by atoms with Gasteiger partial charge in [-0.05, 0) is 129 Å². The molecule has 0 atom stereocenters. The molecule has 386 valence electrons. The van der Waals surface area contributed by atoms with Crippen LogP contribution in [-0.4, -0.2) is 25.0 Å². The van der Waals surface area contributed by atoms with Gasteiger partial charge in [-0.25, -0.2) is 0 Å². The molecule has 5 heteroatoms. The van der Waals surface area contributed by atoms with Crippen molar-refractivity contribution in [2.24, 2.45) is 0 Å². The third-order valence-corrected chi connectivity index (χ3v) is 19.0. The van der Waals surface area contributed by atoms with Crippen LogP contribution < -0.4 is 16.4 Å². The molecule has 19 rings (SSSR count). The second-order valence-electron chi connectivity index (χ2n) is 24.3. The zero-order valence-electron chi connectivity index (χ0n) is 46.1. The molecule has 0 bridgehead atoms. The summed E-state index contributed by atoms with van der Waals surface area (Å²) in [6, 6.07) is 96.5. The third-order valence-electron chi connectivity index (χ3n) is 19.0. The number of fused-ring (bicyclic) bond motifs is 20. The number of nitrogens with zero attached hydrogens (tertiary/aromatic N) is 4. The maximum atomic E-state index is 2.65. The maximum absolute atomic E-state index is 2.65. The van der Waals surface area contributed by atoms with Crippen LogP contribution in [0.3, 0.4) is 0 Å². The van der Waals surface area contributed by atoms with Crippen LogP contribution in [0.1, 0.15) is 26.3 Å². The van der Waals surface area contributed by atoms with Crippen LogP contribution in [0.25, 0.3) is 154 Å². The molecule has 83 heavy (non-hydrogen) atoms. The van der Waals surface area contributed by atoms with Crippen LogP contribution in [0.5, 0.6) is 0 Å². The summed E-state index contributed by atoms with van der Waals surface area (Å²) in [5.41, 5.74) is 24.8. The number of rotatable bonds is 4. The quantitative estimate of drug-likeness (QED) is 0.157. The van der Waals surface area contributed by atoms with Gasteiger partial charge in [0.15, 0.2) is 0 Å². The molecule has 0 unspecified atom stereocenters. The van der Waals surface area contributed by atoms with E-state index >= 15 is 0 Å². The van der Waals surface area contributed by atoms with Gasteiger partial charge in [-0.15, -0.1) is 0 Å². The van der Waals surface area contributed by atoms with Gasteiger partial charge < -0.3 is 18.3 Å². The lowest BCUT2D eigenvalue weighted by atomic mass is 9.30. The Morgan fingerprint density at radius 1 is 0.277 bits per heavy atom. The standard InChI is InChI=1S/C78H51BN4/c1-78(2,3)46-40-57-73-69-59(44-67-71(73)53-34-18-22-38-65(53)80(67)47-24-8-4-9-25-47)76-55(51-32-16-20-36-63(51)82(76)49-28-12-6-13-29-49)42-61(69)79-62-43-56-52-33-17-21-37-64(52)83(50-30-14-7-15-31-50)77(56)60-45-68-72(74(70(60)62)58(41-46)75(57)79)54-35-19-23-39-66(54)81(68)48-26-10-5-11-27-48/h4-45H,1-3H3. The van der Waals surface area contributed by atoms with Gasteiger partial charge in [0.2, 0.25) is 6.71 Å². The summed E-state index contributed by atoms with van der Waals surface area (Å²) in [5, 5.41) is 15.3. The summed E-state index contributed by atoms with van der Waals surface area (Å²) in [6.07, 6.45) is 0. The molecule has 0 saturated heterocycles. The average molecular weight is 1060 g/mol. The predicted molar refractivity (Wildman–Crippen MR) is 353 cm³/mol. The molecule has 0 N–H and O–H groups in total. The fourth-order valence-electron chi connectivity index (χ4n) is 15.7. The average Bonchev–Trinajstić information content (AvgIpc) is 1.95. The molecule has 0 aliphatic carbocycles. The summed E-state index contributed by atoms with van der Waals surface area (Å²) in [6.45, 7) is 7.10. The van der Waals surface area contributed by atoms with Crippen molar-refractivity contribution in [2.75, 3.05) is 0 Å². The second kappa shape index (κ2) is 16.2. The van der Waals surface area contributed by atoms with Gasteiger partial charge in [0.25, 0.3) is 0 Å². The van der Waals surface area contributed by atoms with E-state index in [1.807, 2.05) is 0 Å². The van der Waals surface area contributed by atoms with Crippen molar-refractivity contribution in [3.63, 3.8) is 0 Å². The molecule has 0 amide bonds. The van der Waals surface area contributed by atoms with Gasteiger partial charge >= 0.3 is 0 Å². The summed E-state index contributed by atoms with van der Waals surface area (Å²) < 4.78 is 10.2. The molecule has 2 aliphatic rings. The van der Waals surface area contributed by atoms with E-state index in [2.05, 4.69) is 294 Å². The highest BCUT2D eigenvalue weighted by molar-refractivity contribution is 7.02. The zero-order chi connectivity index (χ0) is 54.6. The first-order chi connectivity index (χ1) is 40.9. The molecule has 4 aromatic heterocycles. The molecule has 0 saturated carbocycles. The van der Waals surface area contributed by atoms with E-state index in [1.165, 1.54) is 153 Å². The second-order valence-corrected chi connectivity index (χ2v) is 24.3. The first-order valence-corrected chi connectivity index (χ1v) is 29.2. The number of benzene rings is 13. The highest BCUT2D eigenvalue weighted by atomic mass is 15.0. The largest absolute Gasteiger partial charge is 0.309 e. The van der Waals surface area contributed by atoms with Crippen LogP contribution in [0.4, 0.5) is 0 Å². The van der Waals surface area contributed by atoms with E-state index in [0.717, 1.165) is 22.7 Å². The molecule has 2 aliphatic heterocycles. The fourth-order valence-corrected chi connectivity index (χ4v) is 15.7. The minimum atomic E-state index is -0.203. The summed E-state index contributed by atoms with van der Waals surface area (Å²) >= 11 is 0.